The zero-order valence-electron chi connectivity index (χ0n) is 21.9. The smallest absolute Gasteiger partial charge is 0.397 e. The van der Waals surface area contributed by atoms with Gasteiger partial charge in [0.05, 0.1) is 30.8 Å². The summed E-state index contributed by atoms with van der Waals surface area (Å²) in [6, 6.07) is 8.04. The molecule has 5 N–H and O–H groups in total. The van der Waals surface area contributed by atoms with Gasteiger partial charge < -0.3 is 20.3 Å². The Morgan fingerprint density at radius 2 is 1.63 bits per heavy atom. The van der Waals surface area contributed by atoms with Crippen LogP contribution >= 0.6 is 0 Å². The van der Waals surface area contributed by atoms with E-state index >= 15 is 0 Å². The van der Waals surface area contributed by atoms with E-state index in [1.807, 2.05) is 0 Å². The molecule has 0 spiro atoms. The maximum Gasteiger partial charge on any atom is 0.397 e. The average Bonchev–Trinajstić information content (AvgIpc) is 2.90. The molecule has 0 fully saturated rings. The molecule has 43 heavy (non-hydrogen) atoms. The number of benzene rings is 3. The van der Waals surface area contributed by atoms with Crippen molar-refractivity contribution in [3.05, 3.63) is 42.5 Å². The number of aromatic hydroxyl groups is 1. The number of methoxy groups -OCH3 is 1. The van der Waals surface area contributed by atoms with Gasteiger partial charge in [0.25, 0.3) is 10.1 Å². The lowest BCUT2D eigenvalue weighted by Crippen LogP contribution is -2.15. The molecule has 0 saturated heterocycles. The molecule has 0 aliphatic carbocycles. The third-order valence-electron chi connectivity index (χ3n) is 5.53. The highest BCUT2D eigenvalue weighted by Crippen LogP contribution is 2.43. The van der Waals surface area contributed by atoms with Gasteiger partial charge in [0.15, 0.2) is 15.6 Å². The van der Waals surface area contributed by atoms with E-state index in [1.54, 1.807) is 0 Å². The number of phenols is 1. The van der Waals surface area contributed by atoms with Gasteiger partial charge in [0.1, 0.15) is 22.0 Å². The molecule has 0 aromatic heterocycles. The summed E-state index contributed by atoms with van der Waals surface area (Å²) in [5.74, 6) is -3.58. The first-order valence-corrected chi connectivity index (χ1v) is 16.1. The van der Waals surface area contributed by atoms with Gasteiger partial charge >= 0.3 is 16.4 Å². The van der Waals surface area contributed by atoms with Crippen LogP contribution in [0.25, 0.3) is 10.8 Å². The molecule has 0 aliphatic heterocycles. The Balaban J connectivity index is 2.07. The van der Waals surface area contributed by atoms with Crippen molar-refractivity contribution in [2.75, 3.05) is 24.8 Å². The van der Waals surface area contributed by atoms with Gasteiger partial charge in [-0.25, -0.2) is 12.6 Å². The second-order valence-corrected chi connectivity index (χ2v) is 13.1. The zero-order valence-corrected chi connectivity index (χ0v) is 24.3. The van der Waals surface area contributed by atoms with Crippen molar-refractivity contribution in [1.82, 2.24) is 0 Å². The van der Waals surface area contributed by atoms with E-state index in [9.17, 15) is 44.5 Å². The number of anilines is 1. The lowest BCUT2D eigenvalue weighted by molar-refractivity contribution is -0.138. The second-order valence-electron chi connectivity index (χ2n) is 8.53. The van der Waals surface area contributed by atoms with Gasteiger partial charge in [-0.3, -0.25) is 18.7 Å². The van der Waals surface area contributed by atoms with Gasteiger partial charge in [-0.2, -0.15) is 16.8 Å². The van der Waals surface area contributed by atoms with Crippen molar-refractivity contribution in [1.29, 1.82) is 0 Å². The second kappa shape index (κ2) is 13.0. The van der Waals surface area contributed by atoms with Crippen LogP contribution in [0.3, 0.4) is 0 Å². The molecule has 0 atom stereocenters. The third kappa shape index (κ3) is 8.89. The number of nitrogens with zero attached hydrogens (tertiary/aromatic N) is 2. The molecule has 3 aromatic carbocycles. The van der Waals surface area contributed by atoms with Crippen LogP contribution in [0.4, 0.5) is 17.1 Å². The van der Waals surface area contributed by atoms with Crippen LogP contribution < -0.4 is 10.1 Å². The quantitative estimate of drug-likeness (QED) is 0.130. The number of carbonyl (C=O) groups is 2. The molecule has 3 aromatic rings. The number of amides is 1. The first-order valence-electron chi connectivity index (χ1n) is 11.6. The third-order valence-corrected chi connectivity index (χ3v) is 8.54. The monoisotopic (exact) mass is 661 g/mol. The Labute approximate surface area is 244 Å². The first-order chi connectivity index (χ1) is 19.9. The minimum Gasteiger partial charge on any atom is -0.505 e. The van der Waals surface area contributed by atoms with Crippen LogP contribution in [-0.2, 0) is 44.1 Å². The number of carboxylic acid groups (broad SMARTS) is 1. The molecule has 0 unspecified atom stereocenters. The van der Waals surface area contributed by atoms with Crippen molar-refractivity contribution >= 4 is 70.1 Å². The minimum atomic E-state index is -5.02. The molecular formula is C23H23N3O14S3. The van der Waals surface area contributed by atoms with Crippen LogP contribution in [0.15, 0.2) is 62.5 Å². The van der Waals surface area contributed by atoms with E-state index < -0.39 is 82.2 Å². The number of carboxylic acids is 1. The van der Waals surface area contributed by atoms with E-state index in [1.165, 1.54) is 25.3 Å². The summed E-state index contributed by atoms with van der Waals surface area (Å²) in [7, 11) is -12.9. The Morgan fingerprint density at radius 3 is 2.23 bits per heavy atom. The van der Waals surface area contributed by atoms with Gasteiger partial charge in [-0.15, -0.1) is 10.2 Å². The van der Waals surface area contributed by atoms with E-state index in [-0.39, 0.29) is 34.3 Å². The Bertz CT molecular complexity index is 1940. The lowest BCUT2D eigenvalue weighted by Gasteiger charge is -2.11. The lowest BCUT2D eigenvalue weighted by atomic mass is 10.1. The molecule has 1 amide bonds. The summed E-state index contributed by atoms with van der Waals surface area (Å²) >= 11 is 0. The Kier molecular flexibility index (Phi) is 10.0. The number of fused-ring (bicyclic) bond motifs is 1. The van der Waals surface area contributed by atoms with E-state index in [4.69, 9.17) is 14.4 Å². The van der Waals surface area contributed by atoms with Gasteiger partial charge in [-0.1, -0.05) is 6.07 Å². The summed E-state index contributed by atoms with van der Waals surface area (Å²) in [5.41, 5.74) is -0.945. The molecular weight excluding hydrogens is 638 g/mol. The number of aliphatic carboxylic acids is 1. The van der Waals surface area contributed by atoms with Crippen molar-refractivity contribution in [2.45, 2.75) is 22.6 Å². The Morgan fingerprint density at radius 1 is 0.930 bits per heavy atom. The zero-order chi connectivity index (χ0) is 32.2. The average molecular weight is 662 g/mol. The summed E-state index contributed by atoms with van der Waals surface area (Å²) in [5, 5.41) is 29.7. The maximum absolute atomic E-state index is 12.6. The number of hydrogen-bond acceptors (Lipinski definition) is 13. The highest BCUT2D eigenvalue weighted by molar-refractivity contribution is 7.91. The molecule has 0 saturated carbocycles. The molecule has 0 heterocycles. The van der Waals surface area contributed by atoms with Crippen molar-refractivity contribution < 1.29 is 63.1 Å². The van der Waals surface area contributed by atoms with Gasteiger partial charge in [0.2, 0.25) is 5.91 Å². The fraction of sp³-hybridized carbons (Fsp3) is 0.217. The highest BCUT2D eigenvalue weighted by atomic mass is 32.3. The fourth-order valence-electron chi connectivity index (χ4n) is 3.57. The van der Waals surface area contributed by atoms with Crippen LogP contribution in [-0.4, -0.2) is 75.9 Å². The van der Waals surface area contributed by atoms with Gasteiger partial charge in [0, 0.05) is 17.5 Å². The van der Waals surface area contributed by atoms with Crippen LogP contribution in [0.2, 0.25) is 0 Å². The number of phenolic OH excluding ortho intramolecular Hbond substituents is 1. The number of rotatable bonds is 13. The Hall–Kier alpha value is -4.21. The first kappa shape index (κ1) is 33.3. The van der Waals surface area contributed by atoms with Crippen LogP contribution in [0.5, 0.6) is 11.5 Å². The summed E-state index contributed by atoms with van der Waals surface area (Å²) in [6.45, 7) is -0.908. The summed E-state index contributed by atoms with van der Waals surface area (Å²) < 4.78 is 98.5. The van der Waals surface area contributed by atoms with Crippen molar-refractivity contribution in [3.8, 4) is 11.5 Å². The highest BCUT2D eigenvalue weighted by Gasteiger charge is 2.23. The van der Waals surface area contributed by atoms with Crippen molar-refractivity contribution in [2.24, 2.45) is 10.2 Å². The van der Waals surface area contributed by atoms with Crippen molar-refractivity contribution in [3.63, 3.8) is 0 Å². The largest absolute Gasteiger partial charge is 0.505 e. The molecule has 0 radical (unpaired) electrons. The fourth-order valence-corrected chi connectivity index (χ4v) is 5.73. The number of carbonyl (C=O) groups excluding carboxylic acids is 1. The SMILES string of the molecule is COc1ccc(S(=O)(=O)CCOS(=O)(=O)O)cc1/N=N/c1c(S(=O)(=O)O)cc2ccc(NC(=O)CCC(=O)O)cc2c1O. The molecule has 232 valence electrons. The molecule has 0 aliphatic rings. The molecule has 3 rings (SSSR count). The topological polar surface area (TPSA) is 273 Å². The predicted octanol–water partition coefficient (Wildman–Crippen LogP) is 2.61. The molecule has 0 bridgehead atoms. The summed E-state index contributed by atoms with van der Waals surface area (Å²) in [6.07, 6.45) is -0.776. The number of sulfone groups is 1. The van der Waals surface area contributed by atoms with Crippen LogP contribution in [0.1, 0.15) is 12.8 Å². The minimum absolute atomic E-state index is 0.0560. The van der Waals surface area contributed by atoms with Gasteiger partial charge in [-0.05, 0) is 41.8 Å². The molecule has 17 nitrogen and oxygen atoms in total. The van der Waals surface area contributed by atoms with E-state index in [0.717, 1.165) is 24.3 Å². The number of hydrogen-bond donors (Lipinski definition) is 5. The number of nitrogens with one attached hydrogen (secondary N) is 1. The standard InChI is InChI=1S/C23H23N3O14S3/c1-39-18-5-4-15(41(31,32)9-8-40-43(36,37)38)12-17(18)25-26-22-19(42(33,34)35)10-13-2-3-14(11-16(13)23(22)30)24-20(27)6-7-21(28)29/h2-5,10-12,30H,6-9H2,1H3,(H,24,27)(H,28,29)(H,33,34,35)(H,36,37,38)/b26-25+. The normalized spacial score (nSPS) is 12.4. The summed E-state index contributed by atoms with van der Waals surface area (Å²) in [4.78, 5) is 21.4. The van der Waals surface area contributed by atoms with Crippen LogP contribution in [0, 0.1) is 0 Å². The maximum atomic E-state index is 12.6. The predicted molar refractivity (Wildman–Crippen MR) is 148 cm³/mol. The van der Waals surface area contributed by atoms with E-state index in [2.05, 4.69) is 19.7 Å². The number of azo groups is 1. The number of ether oxygens (including phenoxy) is 1. The molecule has 20 heteroatoms. The van der Waals surface area contributed by atoms with E-state index in [0.29, 0.717) is 0 Å².